The summed E-state index contributed by atoms with van der Waals surface area (Å²) in [6.07, 6.45) is 4.22. The maximum atomic E-state index is 12.1. The Balaban J connectivity index is 1.90. The molecule has 0 heterocycles. The molecule has 0 aliphatic rings. The summed E-state index contributed by atoms with van der Waals surface area (Å²) in [5, 5.41) is 7.44. The molecule has 138 valence electrons. The number of benzene rings is 2. The number of nitrogens with zero attached hydrogens (tertiary/aromatic N) is 1. The standard InChI is InChI=1S/C21H27N3O2/c1-3-4-6-11-20(17-9-7-5-8-10-17)23-24-21(25)16-22-18-12-14-19(26-2)15-13-18/h5,7-10,12-15,22H,3-4,6,11,16H2,1-2H3,(H,24,25)/b23-20-. The average molecular weight is 353 g/mol. The van der Waals surface area contributed by atoms with Gasteiger partial charge in [-0.2, -0.15) is 5.10 Å². The van der Waals surface area contributed by atoms with Crippen LogP contribution in [-0.2, 0) is 4.79 Å². The molecule has 0 fully saturated rings. The largest absolute Gasteiger partial charge is 0.497 e. The summed E-state index contributed by atoms with van der Waals surface area (Å²) < 4.78 is 5.12. The van der Waals surface area contributed by atoms with Crippen LogP contribution in [0, 0.1) is 0 Å². The molecule has 0 aliphatic heterocycles. The molecule has 0 atom stereocenters. The van der Waals surface area contributed by atoms with Crippen molar-refractivity contribution in [1.29, 1.82) is 0 Å². The Labute approximate surface area is 155 Å². The fourth-order valence-corrected chi connectivity index (χ4v) is 2.50. The van der Waals surface area contributed by atoms with Gasteiger partial charge in [-0.3, -0.25) is 4.79 Å². The zero-order valence-electron chi connectivity index (χ0n) is 15.5. The average Bonchev–Trinajstić information content (AvgIpc) is 2.70. The molecular formula is C21H27N3O2. The third-order valence-electron chi connectivity index (χ3n) is 3.98. The van der Waals surface area contributed by atoms with Crippen molar-refractivity contribution >= 4 is 17.3 Å². The van der Waals surface area contributed by atoms with Gasteiger partial charge in [0.2, 0.25) is 0 Å². The number of carbonyl (C=O) groups excluding carboxylic acids is 1. The first-order chi connectivity index (χ1) is 12.7. The number of hydrogen-bond acceptors (Lipinski definition) is 4. The van der Waals surface area contributed by atoms with Gasteiger partial charge >= 0.3 is 0 Å². The molecule has 0 saturated heterocycles. The number of carbonyl (C=O) groups is 1. The monoisotopic (exact) mass is 353 g/mol. The maximum absolute atomic E-state index is 12.1. The van der Waals surface area contributed by atoms with Gasteiger partial charge in [0.25, 0.3) is 5.91 Å². The molecule has 0 unspecified atom stereocenters. The molecule has 0 spiro atoms. The van der Waals surface area contributed by atoms with Crippen LogP contribution in [0.2, 0.25) is 0 Å². The molecule has 2 aromatic carbocycles. The van der Waals surface area contributed by atoms with Gasteiger partial charge in [0, 0.05) is 5.69 Å². The summed E-state index contributed by atoms with van der Waals surface area (Å²) in [4.78, 5) is 12.1. The van der Waals surface area contributed by atoms with E-state index in [4.69, 9.17) is 4.74 Å². The van der Waals surface area contributed by atoms with Crippen molar-refractivity contribution < 1.29 is 9.53 Å². The van der Waals surface area contributed by atoms with Gasteiger partial charge in [0.05, 0.1) is 19.4 Å². The molecule has 0 aromatic heterocycles. The van der Waals surface area contributed by atoms with Gasteiger partial charge < -0.3 is 10.1 Å². The molecule has 2 rings (SSSR count). The van der Waals surface area contributed by atoms with Gasteiger partial charge in [0.15, 0.2) is 0 Å². The summed E-state index contributed by atoms with van der Waals surface area (Å²) in [7, 11) is 1.62. The number of nitrogens with one attached hydrogen (secondary N) is 2. The lowest BCUT2D eigenvalue weighted by molar-refractivity contribution is -0.119. The Hall–Kier alpha value is -2.82. The van der Waals surface area contributed by atoms with E-state index in [-0.39, 0.29) is 12.5 Å². The van der Waals surface area contributed by atoms with Crippen LogP contribution in [0.15, 0.2) is 59.7 Å². The Morgan fingerprint density at radius 2 is 1.77 bits per heavy atom. The Morgan fingerprint density at radius 1 is 1.04 bits per heavy atom. The molecule has 5 nitrogen and oxygen atoms in total. The molecule has 2 N–H and O–H groups in total. The predicted octanol–water partition coefficient (Wildman–Crippen LogP) is 4.21. The first-order valence-corrected chi connectivity index (χ1v) is 9.01. The SMILES string of the molecule is CCCCC/C(=N/NC(=O)CNc1ccc(OC)cc1)c1ccccc1. The number of methoxy groups -OCH3 is 1. The van der Waals surface area contributed by atoms with Crippen molar-refractivity contribution in [2.24, 2.45) is 5.10 Å². The number of hydrazone groups is 1. The Kier molecular flexibility index (Phi) is 8.19. The molecule has 0 radical (unpaired) electrons. The molecule has 26 heavy (non-hydrogen) atoms. The van der Waals surface area contributed by atoms with Crippen molar-refractivity contribution in [3.8, 4) is 5.75 Å². The highest BCUT2D eigenvalue weighted by Crippen LogP contribution is 2.14. The van der Waals surface area contributed by atoms with Crippen LogP contribution in [0.5, 0.6) is 5.75 Å². The minimum atomic E-state index is -0.176. The molecule has 0 aliphatic carbocycles. The topological polar surface area (TPSA) is 62.7 Å². The lowest BCUT2D eigenvalue weighted by atomic mass is 10.0. The fraction of sp³-hybridized carbons (Fsp3) is 0.333. The lowest BCUT2D eigenvalue weighted by Crippen LogP contribution is -2.27. The lowest BCUT2D eigenvalue weighted by Gasteiger charge is -2.09. The summed E-state index contributed by atoms with van der Waals surface area (Å²) in [5.74, 6) is 0.605. The van der Waals surface area contributed by atoms with Crippen LogP contribution in [0.3, 0.4) is 0 Å². The van der Waals surface area contributed by atoms with Gasteiger partial charge in [-0.15, -0.1) is 0 Å². The highest BCUT2D eigenvalue weighted by molar-refractivity contribution is 6.01. The van der Waals surface area contributed by atoms with E-state index >= 15 is 0 Å². The first kappa shape index (κ1) is 19.5. The van der Waals surface area contributed by atoms with Gasteiger partial charge in [-0.25, -0.2) is 5.43 Å². The van der Waals surface area contributed by atoms with Gasteiger partial charge in [-0.1, -0.05) is 50.1 Å². The van der Waals surface area contributed by atoms with Crippen LogP contribution in [-0.4, -0.2) is 25.3 Å². The predicted molar refractivity (Wildman–Crippen MR) is 107 cm³/mol. The molecule has 0 saturated carbocycles. The zero-order chi connectivity index (χ0) is 18.6. The number of rotatable bonds is 10. The number of anilines is 1. The second-order valence-corrected chi connectivity index (χ2v) is 6.00. The normalized spacial score (nSPS) is 11.1. The van der Waals surface area contributed by atoms with E-state index in [1.165, 1.54) is 0 Å². The van der Waals surface area contributed by atoms with Crippen molar-refractivity contribution in [2.75, 3.05) is 19.0 Å². The molecule has 1 amide bonds. The molecular weight excluding hydrogens is 326 g/mol. The van der Waals surface area contributed by atoms with E-state index in [9.17, 15) is 4.79 Å². The second kappa shape index (κ2) is 10.9. The smallest absolute Gasteiger partial charge is 0.259 e. The molecule has 0 bridgehead atoms. The third kappa shape index (κ3) is 6.59. The molecule has 2 aromatic rings. The molecule has 5 heteroatoms. The zero-order valence-corrected chi connectivity index (χ0v) is 15.5. The van der Waals surface area contributed by atoms with E-state index in [1.807, 2.05) is 54.6 Å². The van der Waals surface area contributed by atoms with Gasteiger partial charge in [-0.05, 0) is 42.7 Å². The van der Waals surface area contributed by atoms with Crippen LogP contribution >= 0.6 is 0 Å². The fourth-order valence-electron chi connectivity index (χ4n) is 2.50. The van der Waals surface area contributed by atoms with E-state index in [1.54, 1.807) is 7.11 Å². The van der Waals surface area contributed by atoms with Crippen molar-refractivity contribution in [2.45, 2.75) is 32.6 Å². The van der Waals surface area contributed by atoms with E-state index < -0.39 is 0 Å². The van der Waals surface area contributed by atoms with Crippen molar-refractivity contribution in [3.63, 3.8) is 0 Å². The first-order valence-electron chi connectivity index (χ1n) is 9.01. The summed E-state index contributed by atoms with van der Waals surface area (Å²) in [6, 6.07) is 17.4. The number of ether oxygens (including phenoxy) is 1. The number of amides is 1. The van der Waals surface area contributed by atoms with Crippen LogP contribution < -0.4 is 15.5 Å². The highest BCUT2D eigenvalue weighted by atomic mass is 16.5. The highest BCUT2D eigenvalue weighted by Gasteiger charge is 2.05. The van der Waals surface area contributed by atoms with Crippen molar-refractivity contribution in [1.82, 2.24) is 5.43 Å². The number of unbranched alkanes of at least 4 members (excludes halogenated alkanes) is 2. The van der Waals surface area contributed by atoms with Crippen LogP contribution in [0.25, 0.3) is 0 Å². The maximum Gasteiger partial charge on any atom is 0.259 e. The van der Waals surface area contributed by atoms with Gasteiger partial charge in [0.1, 0.15) is 5.75 Å². The van der Waals surface area contributed by atoms with Crippen LogP contribution in [0.4, 0.5) is 5.69 Å². The summed E-state index contributed by atoms with van der Waals surface area (Å²) >= 11 is 0. The second-order valence-electron chi connectivity index (χ2n) is 6.00. The minimum Gasteiger partial charge on any atom is -0.497 e. The minimum absolute atomic E-state index is 0.160. The van der Waals surface area contributed by atoms with Crippen LogP contribution in [0.1, 0.15) is 38.2 Å². The Bertz CT molecular complexity index is 697. The Morgan fingerprint density at radius 3 is 2.42 bits per heavy atom. The van der Waals surface area contributed by atoms with E-state index in [0.717, 1.165) is 48.4 Å². The third-order valence-corrected chi connectivity index (χ3v) is 3.98. The summed E-state index contributed by atoms with van der Waals surface area (Å²) in [5.41, 5.74) is 5.48. The van der Waals surface area contributed by atoms with E-state index in [0.29, 0.717) is 0 Å². The van der Waals surface area contributed by atoms with Crippen molar-refractivity contribution in [3.05, 3.63) is 60.2 Å². The number of hydrogen-bond donors (Lipinski definition) is 2. The van der Waals surface area contributed by atoms with E-state index in [2.05, 4.69) is 22.8 Å². The summed E-state index contributed by atoms with van der Waals surface area (Å²) in [6.45, 7) is 2.33. The quantitative estimate of drug-likeness (QED) is 0.382.